The van der Waals surface area contributed by atoms with Gasteiger partial charge in [-0.15, -0.1) is 0 Å². The number of fused-ring (bicyclic) bond motifs is 2. The van der Waals surface area contributed by atoms with Crippen LogP contribution in [0.2, 0.25) is 0 Å². The minimum atomic E-state index is 0.488. The molecule has 0 spiro atoms. The lowest BCUT2D eigenvalue weighted by molar-refractivity contribution is 0.571. The Labute approximate surface area is 158 Å². The number of piperazine rings is 1. The Morgan fingerprint density at radius 1 is 1.15 bits per heavy atom. The first-order valence-corrected chi connectivity index (χ1v) is 9.44. The van der Waals surface area contributed by atoms with Crippen LogP contribution in [-0.4, -0.2) is 45.3 Å². The van der Waals surface area contributed by atoms with E-state index in [9.17, 15) is 0 Å². The summed E-state index contributed by atoms with van der Waals surface area (Å²) in [7, 11) is 0. The predicted octanol–water partition coefficient (Wildman–Crippen LogP) is 2.39. The standard InChI is InChI=1S/C20H23N7/c1-13-7-19(26-25-13)23-18-10-15(8-14-5-3-2-4-6-14)22-20(24-18)27-12-16-9-17(27)11-21-16/h2-7,10,16-17,21H,8-9,11-12H2,1H3,(H2,22,23,24,25,26). The number of hydrogen-bond acceptors (Lipinski definition) is 6. The number of H-pyrrole nitrogens is 1. The average molecular weight is 361 g/mol. The van der Waals surface area contributed by atoms with E-state index in [0.717, 1.165) is 48.5 Å². The number of hydrogen-bond donors (Lipinski definition) is 3. The van der Waals surface area contributed by atoms with Crippen LogP contribution in [0.4, 0.5) is 17.6 Å². The number of aromatic amines is 1. The van der Waals surface area contributed by atoms with Crippen LogP contribution in [0.5, 0.6) is 0 Å². The van der Waals surface area contributed by atoms with E-state index in [4.69, 9.17) is 9.97 Å². The fourth-order valence-corrected chi connectivity index (χ4v) is 3.99. The van der Waals surface area contributed by atoms with Gasteiger partial charge in [0.25, 0.3) is 0 Å². The number of aryl methyl sites for hydroxylation is 1. The van der Waals surface area contributed by atoms with Crippen molar-refractivity contribution in [3.63, 3.8) is 0 Å². The summed E-state index contributed by atoms with van der Waals surface area (Å²) >= 11 is 0. The molecule has 3 N–H and O–H groups in total. The molecule has 2 aliphatic heterocycles. The molecule has 3 aromatic rings. The molecule has 0 radical (unpaired) electrons. The molecule has 2 saturated heterocycles. The van der Waals surface area contributed by atoms with E-state index in [1.807, 2.05) is 25.1 Å². The summed E-state index contributed by atoms with van der Waals surface area (Å²) in [4.78, 5) is 12.0. The van der Waals surface area contributed by atoms with E-state index in [-0.39, 0.29) is 0 Å². The molecule has 4 heterocycles. The van der Waals surface area contributed by atoms with Gasteiger partial charge in [0.1, 0.15) is 5.82 Å². The first kappa shape index (κ1) is 16.3. The number of nitrogens with zero attached hydrogens (tertiary/aromatic N) is 4. The van der Waals surface area contributed by atoms with E-state index in [2.05, 4.69) is 50.0 Å². The Kier molecular flexibility index (Phi) is 4.01. The highest BCUT2D eigenvalue weighted by Gasteiger charge is 2.39. The highest BCUT2D eigenvalue weighted by molar-refractivity contribution is 5.55. The van der Waals surface area contributed by atoms with Crippen LogP contribution in [0.1, 0.15) is 23.4 Å². The van der Waals surface area contributed by atoms with Gasteiger partial charge in [0.2, 0.25) is 5.95 Å². The Morgan fingerprint density at radius 2 is 2.04 bits per heavy atom. The van der Waals surface area contributed by atoms with Crippen LogP contribution in [0.25, 0.3) is 0 Å². The van der Waals surface area contributed by atoms with Crippen LogP contribution in [0, 0.1) is 6.92 Å². The van der Waals surface area contributed by atoms with Gasteiger partial charge >= 0.3 is 0 Å². The first-order valence-electron chi connectivity index (χ1n) is 9.44. The lowest BCUT2D eigenvalue weighted by Gasteiger charge is -2.28. The number of nitrogens with one attached hydrogen (secondary N) is 3. The van der Waals surface area contributed by atoms with E-state index < -0.39 is 0 Å². The zero-order valence-corrected chi connectivity index (χ0v) is 15.3. The molecule has 138 valence electrons. The van der Waals surface area contributed by atoms with Gasteiger partial charge in [-0.2, -0.15) is 10.1 Å². The van der Waals surface area contributed by atoms with Crippen molar-refractivity contribution < 1.29 is 0 Å². The predicted molar refractivity (Wildman–Crippen MR) is 105 cm³/mol. The molecule has 5 rings (SSSR count). The third-order valence-corrected chi connectivity index (χ3v) is 5.27. The molecule has 2 atom stereocenters. The lowest BCUT2D eigenvalue weighted by atomic mass is 10.1. The zero-order chi connectivity index (χ0) is 18.2. The monoisotopic (exact) mass is 361 g/mol. The van der Waals surface area contributed by atoms with Gasteiger partial charge in [-0.25, -0.2) is 4.98 Å². The van der Waals surface area contributed by atoms with Crippen molar-refractivity contribution in [3.8, 4) is 0 Å². The van der Waals surface area contributed by atoms with Gasteiger partial charge in [-0.1, -0.05) is 30.3 Å². The maximum atomic E-state index is 4.90. The summed E-state index contributed by atoms with van der Waals surface area (Å²) in [5.41, 5.74) is 3.27. The molecule has 7 nitrogen and oxygen atoms in total. The van der Waals surface area contributed by atoms with Crippen molar-refractivity contribution in [2.45, 2.75) is 31.8 Å². The topological polar surface area (TPSA) is 81.8 Å². The molecular weight excluding hydrogens is 338 g/mol. The van der Waals surface area contributed by atoms with E-state index >= 15 is 0 Å². The maximum absolute atomic E-state index is 4.90. The Morgan fingerprint density at radius 3 is 2.74 bits per heavy atom. The molecule has 2 aromatic heterocycles. The molecule has 2 bridgehead atoms. The quantitative estimate of drug-likeness (QED) is 0.647. The highest BCUT2D eigenvalue weighted by atomic mass is 15.4. The molecule has 1 aromatic carbocycles. The van der Waals surface area contributed by atoms with E-state index in [1.54, 1.807) is 0 Å². The molecule has 0 amide bonds. The number of benzene rings is 1. The molecule has 2 fully saturated rings. The Bertz CT molecular complexity index is 937. The molecule has 2 aliphatic rings. The van der Waals surface area contributed by atoms with Crippen molar-refractivity contribution in [1.29, 1.82) is 0 Å². The minimum Gasteiger partial charge on any atom is -0.335 e. The third-order valence-electron chi connectivity index (χ3n) is 5.27. The molecule has 7 heteroatoms. The molecule has 0 saturated carbocycles. The fraction of sp³-hybridized carbons (Fsp3) is 0.350. The van der Waals surface area contributed by atoms with E-state index in [1.165, 1.54) is 12.0 Å². The summed E-state index contributed by atoms with van der Waals surface area (Å²) in [5, 5.41) is 14.1. The second kappa shape index (κ2) is 6.66. The van der Waals surface area contributed by atoms with Gasteiger partial charge in [0, 0.05) is 49.4 Å². The average Bonchev–Trinajstić information content (AvgIpc) is 3.40. The van der Waals surface area contributed by atoms with Gasteiger partial charge in [-0.3, -0.25) is 5.10 Å². The van der Waals surface area contributed by atoms with Gasteiger partial charge in [0.05, 0.1) is 5.69 Å². The van der Waals surface area contributed by atoms with Crippen LogP contribution in [-0.2, 0) is 6.42 Å². The number of anilines is 3. The van der Waals surface area contributed by atoms with Crippen LogP contribution < -0.4 is 15.5 Å². The lowest BCUT2D eigenvalue weighted by Crippen LogP contribution is -2.44. The largest absolute Gasteiger partial charge is 0.335 e. The molecule has 0 aliphatic carbocycles. The summed E-state index contributed by atoms with van der Waals surface area (Å²) in [6.07, 6.45) is 1.96. The number of rotatable bonds is 5. The van der Waals surface area contributed by atoms with E-state index in [0.29, 0.717) is 12.1 Å². The first-order chi connectivity index (χ1) is 13.2. The van der Waals surface area contributed by atoms with Crippen molar-refractivity contribution in [3.05, 3.63) is 59.4 Å². The van der Waals surface area contributed by atoms with Gasteiger partial charge < -0.3 is 15.5 Å². The Balaban J connectivity index is 1.47. The normalized spacial score (nSPS) is 21.0. The van der Waals surface area contributed by atoms with Crippen LogP contribution >= 0.6 is 0 Å². The summed E-state index contributed by atoms with van der Waals surface area (Å²) in [6.45, 7) is 3.97. The summed E-state index contributed by atoms with van der Waals surface area (Å²) in [6, 6.07) is 15.5. The second-order valence-corrected chi connectivity index (χ2v) is 7.42. The third kappa shape index (κ3) is 3.38. The number of aromatic nitrogens is 4. The summed E-state index contributed by atoms with van der Waals surface area (Å²) in [5.74, 6) is 2.37. The van der Waals surface area contributed by atoms with Gasteiger partial charge in [-0.05, 0) is 18.9 Å². The molecule has 27 heavy (non-hydrogen) atoms. The maximum Gasteiger partial charge on any atom is 0.227 e. The smallest absolute Gasteiger partial charge is 0.227 e. The second-order valence-electron chi connectivity index (χ2n) is 7.42. The van der Waals surface area contributed by atoms with Crippen molar-refractivity contribution in [2.24, 2.45) is 0 Å². The zero-order valence-electron chi connectivity index (χ0n) is 15.3. The SMILES string of the molecule is Cc1cc(Nc2cc(Cc3ccccc3)nc(N3CC4CC3CN4)n2)n[nH]1. The van der Waals surface area contributed by atoms with Gasteiger partial charge in [0.15, 0.2) is 5.82 Å². The van der Waals surface area contributed by atoms with Crippen molar-refractivity contribution in [1.82, 2.24) is 25.5 Å². The minimum absolute atomic E-state index is 0.488. The summed E-state index contributed by atoms with van der Waals surface area (Å²) < 4.78 is 0. The van der Waals surface area contributed by atoms with Crippen molar-refractivity contribution >= 4 is 17.6 Å². The Hall–Kier alpha value is -2.93. The fourth-order valence-electron chi connectivity index (χ4n) is 3.99. The molecular formula is C20H23N7. The highest BCUT2D eigenvalue weighted by Crippen LogP contribution is 2.29. The molecule has 2 unspecified atom stereocenters. The van der Waals surface area contributed by atoms with Crippen molar-refractivity contribution in [2.75, 3.05) is 23.3 Å². The van der Waals surface area contributed by atoms with Crippen LogP contribution in [0.3, 0.4) is 0 Å². The van der Waals surface area contributed by atoms with Crippen LogP contribution in [0.15, 0.2) is 42.5 Å².